The molecule has 0 spiro atoms. The van der Waals surface area contributed by atoms with Crippen molar-refractivity contribution < 1.29 is 0 Å². The minimum absolute atomic E-state index is 0.156. The van der Waals surface area contributed by atoms with Crippen molar-refractivity contribution in [1.29, 1.82) is 0 Å². The second kappa shape index (κ2) is 3.42. The molecule has 2 aromatic rings. The topological polar surface area (TPSA) is 39.8 Å². The summed E-state index contributed by atoms with van der Waals surface area (Å²) >= 11 is 3.38. The highest BCUT2D eigenvalue weighted by molar-refractivity contribution is 9.10. The number of hydrogen-bond donors (Lipinski definition) is 0. The zero-order valence-electron chi connectivity index (χ0n) is 7.51. The summed E-state index contributed by atoms with van der Waals surface area (Å²) in [6, 6.07) is 7.51. The molecule has 1 aromatic heterocycles. The largest absolute Gasteiger partial charge is 0.350 e. The Bertz CT molecular complexity index is 515. The Hall–Kier alpha value is -1.36. The maximum Gasteiger partial charge on any atom is 0.350 e. The van der Waals surface area contributed by atoms with Gasteiger partial charge >= 0.3 is 5.69 Å². The average Bonchev–Trinajstić information content (AvgIpc) is 2.49. The Morgan fingerprint density at radius 2 is 2.07 bits per heavy atom. The number of rotatable bonds is 1. The van der Waals surface area contributed by atoms with Crippen molar-refractivity contribution in [1.82, 2.24) is 14.3 Å². The molecule has 5 heteroatoms. The Kier molecular flexibility index (Phi) is 2.25. The standard InChI is InChI=1S/C9H8BrN3O/c1-12-9(14)13(6-11-12)8-5-3-2-4-7(8)10/h2-6H,1H3. The van der Waals surface area contributed by atoms with Crippen LogP contribution in [0.4, 0.5) is 0 Å². The quantitative estimate of drug-likeness (QED) is 0.770. The molecule has 72 valence electrons. The first kappa shape index (κ1) is 9.21. The fourth-order valence-electron chi connectivity index (χ4n) is 1.20. The van der Waals surface area contributed by atoms with Crippen LogP contribution >= 0.6 is 15.9 Å². The van der Waals surface area contributed by atoms with Crippen molar-refractivity contribution in [3.05, 3.63) is 45.5 Å². The summed E-state index contributed by atoms with van der Waals surface area (Å²) in [5, 5.41) is 3.88. The van der Waals surface area contributed by atoms with E-state index < -0.39 is 0 Å². The van der Waals surface area contributed by atoms with E-state index in [0.717, 1.165) is 10.2 Å². The van der Waals surface area contributed by atoms with Crippen LogP contribution in [0.15, 0.2) is 39.9 Å². The first-order valence-electron chi connectivity index (χ1n) is 4.05. The van der Waals surface area contributed by atoms with Crippen LogP contribution < -0.4 is 5.69 Å². The molecule has 1 aromatic carbocycles. The van der Waals surface area contributed by atoms with E-state index >= 15 is 0 Å². The molecule has 0 amide bonds. The summed E-state index contributed by atoms with van der Waals surface area (Å²) in [5.41, 5.74) is 0.641. The Balaban J connectivity index is 2.67. The molecule has 0 saturated heterocycles. The molecule has 1 heterocycles. The number of aromatic nitrogens is 3. The van der Waals surface area contributed by atoms with E-state index in [-0.39, 0.29) is 5.69 Å². The van der Waals surface area contributed by atoms with Gasteiger partial charge in [0.05, 0.1) is 5.69 Å². The zero-order valence-corrected chi connectivity index (χ0v) is 9.10. The van der Waals surface area contributed by atoms with E-state index in [0.29, 0.717) is 0 Å². The molecule has 0 atom stereocenters. The van der Waals surface area contributed by atoms with E-state index in [9.17, 15) is 4.79 Å². The lowest BCUT2D eigenvalue weighted by Gasteiger charge is -2.01. The van der Waals surface area contributed by atoms with Crippen molar-refractivity contribution in [2.24, 2.45) is 7.05 Å². The van der Waals surface area contributed by atoms with Gasteiger partial charge in [0.15, 0.2) is 0 Å². The lowest BCUT2D eigenvalue weighted by Crippen LogP contribution is -2.21. The van der Waals surface area contributed by atoms with Crippen LogP contribution in [-0.2, 0) is 7.05 Å². The third kappa shape index (κ3) is 1.39. The molecular formula is C9H8BrN3O. The highest BCUT2D eigenvalue weighted by Gasteiger charge is 2.05. The first-order chi connectivity index (χ1) is 6.70. The second-order valence-electron chi connectivity index (χ2n) is 2.86. The van der Waals surface area contributed by atoms with Crippen molar-refractivity contribution in [3.8, 4) is 5.69 Å². The van der Waals surface area contributed by atoms with Crippen LogP contribution in [-0.4, -0.2) is 14.3 Å². The van der Waals surface area contributed by atoms with Crippen LogP contribution in [0.2, 0.25) is 0 Å². The molecule has 0 N–H and O–H groups in total. The van der Waals surface area contributed by atoms with Crippen molar-refractivity contribution >= 4 is 15.9 Å². The first-order valence-corrected chi connectivity index (χ1v) is 4.85. The maximum atomic E-state index is 11.6. The van der Waals surface area contributed by atoms with Crippen molar-refractivity contribution in [2.75, 3.05) is 0 Å². The van der Waals surface area contributed by atoms with E-state index in [1.807, 2.05) is 24.3 Å². The Morgan fingerprint density at radius 3 is 2.64 bits per heavy atom. The Morgan fingerprint density at radius 1 is 1.36 bits per heavy atom. The van der Waals surface area contributed by atoms with Gasteiger partial charge in [0.25, 0.3) is 0 Å². The minimum atomic E-state index is -0.156. The van der Waals surface area contributed by atoms with E-state index in [2.05, 4.69) is 21.0 Å². The number of nitrogens with zero attached hydrogens (tertiary/aromatic N) is 3. The molecule has 2 rings (SSSR count). The van der Waals surface area contributed by atoms with Gasteiger partial charge in [-0.3, -0.25) is 0 Å². The van der Waals surface area contributed by atoms with Gasteiger partial charge in [0.1, 0.15) is 6.33 Å². The lowest BCUT2D eigenvalue weighted by atomic mass is 10.3. The summed E-state index contributed by atoms with van der Waals surface area (Å²) in [6.07, 6.45) is 1.50. The van der Waals surface area contributed by atoms with Crippen LogP contribution in [0.5, 0.6) is 0 Å². The number of halogens is 1. The van der Waals surface area contributed by atoms with Gasteiger partial charge < -0.3 is 0 Å². The third-order valence-electron chi connectivity index (χ3n) is 1.94. The molecular weight excluding hydrogens is 246 g/mol. The lowest BCUT2D eigenvalue weighted by molar-refractivity contribution is 0.726. The molecule has 0 bridgehead atoms. The second-order valence-corrected chi connectivity index (χ2v) is 3.71. The van der Waals surface area contributed by atoms with Gasteiger partial charge in [-0.1, -0.05) is 12.1 Å². The fraction of sp³-hybridized carbons (Fsp3) is 0.111. The highest BCUT2D eigenvalue weighted by atomic mass is 79.9. The zero-order chi connectivity index (χ0) is 10.1. The number of para-hydroxylation sites is 1. The SMILES string of the molecule is Cn1ncn(-c2ccccc2Br)c1=O. The normalized spacial score (nSPS) is 10.4. The molecule has 0 fully saturated rings. The van der Waals surface area contributed by atoms with E-state index in [1.165, 1.54) is 15.6 Å². The molecule has 0 aliphatic heterocycles. The predicted molar refractivity (Wildman–Crippen MR) is 56.5 cm³/mol. The van der Waals surface area contributed by atoms with Crippen molar-refractivity contribution in [2.45, 2.75) is 0 Å². The van der Waals surface area contributed by atoms with Gasteiger partial charge in [-0.25, -0.2) is 14.0 Å². The average molecular weight is 254 g/mol. The summed E-state index contributed by atoms with van der Waals surface area (Å²) < 4.78 is 3.65. The fourth-order valence-corrected chi connectivity index (χ4v) is 1.67. The molecule has 0 aliphatic carbocycles. The van der Waals surface area contributed by atoms with Gasteiger partial charge in [-0.2, -0.15) is 5.10 Å². The monoisotopic (exact) mass is 253 g/mol. The predicted octanol–water partition coefficient (Wildman–Crippen LogP) is 1.33. The van der Waals surface area contributed by atoms with Crippen LogP contribution in [0.25, 0.3) is 5.69 Å². The number of aryl methyl sites for hydroxylation is 1. The summed E-state index contributed by atoms with van der Waals surface area (Å²) in [6.45, 7) is 0. The molecule has 0 aliphatic rings. The third-order valence-corrected chi connectivity index (χ3v) is 2.61. The smallest absolute Gasteiger partial charge is 0.248 e. The van der Waals surface area contributed by atoms with Crippen molar-refractivity contribution in [3.63, 3.8) is 0 Å². The maximum absolute atomic E-state index is 11.6. The molecule has 4 nitrogen and oxygen atoms in total. The molecule has 0 radical (unpaired) electrons. The molecule has 0 unspecified atom stereocenters. The van der Waals surface area contributed by atoms with E-state index in [4.69, 9.17) is 0 Å². The van der Waals surface area contributed by atoms with Gasteiger partial charge in [-0.05, 0) is 28.1 Å². The highest BCUT2D eigenvalue weighted by Crippen LogP contribution is 2.18. The van der Waals surface area contributed by atoms with E-state index in [1.54, 1.807) is 7.05 Å². The molecule has 0 saturated carbocycles. The summed E-state index contributed by atoms with van der Waals surface area (Å²) in [4.78, 5) is 11.6. The van der Waals surface area contributed by atoms with Crippen LogP contribution in [0.1, 0.15) is 0 Å². The number of hydrogen-bond acceptors (Lipinski definition) is 2. The number of benzene rings is 1. The van der Waals surface area contributed by atoms with Gasteiger partial charge in [-0.15, -0.1) is 0 Å². The van der Waals surface area contributed by atoms with Gasteiger partial charge in [0.2, 0.25) is 0 Å². The summed E-state index contributed by atoms with van der Waals surface area (Å²) in [5.74, 6) is 0. The van der Waals surface area contributed by atoms with Gasteiger partial charge in [0, 0.05) is 11.5 Å². The minimum Gasteiger partial charge on any atom is -0.248 e. The molecule has 14 heavy (non-hydrogen) atoms. The van der Waals surface area contributed by atoms with Crippen LogP contribution in [0, 0.1) is 0 Å². The van der Waals surface area contributed by atoms with Crippen LogP contribution in [0.3, 0.4) is 0 Å². The summed E-state index contributed by atoms with van der Waals surface area (Å²) in [7, 11) is 1.62. The Labute approximate surface area is 88.9 Å².